The average Bonchev–Trinajstić information content (AvgIpc) is 2.17. The van der Waals surface area contributed by atoms with Crippen LogP contribution in [0.15, 0.2) is 17.8 Å². The number of nitroso groups, excluding NO2 is 1. The normalized spacial score (nSPS) is 37.9. The average molecular weight is 212 g/mol. The van der Waals surface area contributed by atoms with E-state index in [2.05, 4.69) is 16.7 Å². The summed E-state index contributed by atoms with van der Waals surface area (Å²) in [6.45, 7) is 4.75. The van der Waals surface area contributed by atoms with E-state index in [1.54, 1.807) is 0 Å². The van der Waals surface area contributed by atoms with Gasteiger partial charge in [0.25, 0.3) is 0 Å². The molecule has 2 heterocycles. The van der Waals surface area contributed by atoms with Crippen molar-refractivity contribution in [3.63, 3.8) is 0 Å². The molecule has 0 saturated carbocycles. The molecule has 2 aliphatic heterocycles. The first-order valence-corrected chi connectivity index (χ1v) is 6.27. The summed E-state index contributed by atoms with van der Waals surface area (Å²) >= 11 is 2.01. The molecule has 2 aliphatic rings. The molecule has 4 heteroatoms. The molecule has 0 aromatic heterocycles. The Labute approximate surface area is 88.9 Å². The fraction of sp³-hybridized carbons (Fsp3) is 0.800. The molecule has 2 atom stereocenters. The van der Waals surface area contributed by atoms with Gasteiger partial charge in [-0.2, -0.15) is 16.7 Å². The summed E-state index contributed by atoms with van der Waals surface area (Å²) in [6, 6.07) is 1.16. The van der Waals surface area contributed by atoms with Crippen LogP contribution in [0, 0.1) is 4.91 Å². The standard InChI is InChI=1S/C10H16N2OS/c1-2-3-12-9-4-8(11-13)5-10(12)7-14-6-9/h2,8-10H,1,3-7H2. The van der Waals surface area contributed by atoms with E-state index in [4.69, 9.17) is 0 Å². The van der Waals surface area contributed by atoms with E-state index in [1.165, 1.54) is 0 Å². The highest BCUT2D eigenvalue weighted by Gasteiger charge is 2.38. The molecule has 0 spiro atoms. The van der Waals surface area contributed by atoms with Crippen LogP contribution in [-0.2, 0) is 0 Å². The third-order valence-corrected chi connectivity index (χ3v) is 4.38. The van der Waals surface area contributed by atoms with Gasteiger partial charge in [0.05, 0.1) is 6.04 Å². The van der Waals surface area contributed by atoms with Gasteiger partial charge in [-0.1, -0.05) is 11.3 Å². The van der Waals surface area contributed by atoms with Crippen molar-refractivity contribution in [2.24, 2.45) is 5.18 Å². The van der Waals surface area contributed by atoms with Crippen LogP contribution >= 0.6 is 11.8 Å². The van der Waals surface area contributed by atoms with Gasteiger partial charge in [0.2, 0.25) is 0 Å². The molecule has 3 nitrogen and oxygen atoms in total. The number of piperidine rings is 1. The van der Waals surface area contributed by atoms with E-state index in [-0.39, 0.29) is 6.04 Å². The first-order valence-electron chi connectivity index (χ1n) is 5.12. The molecular formula is C10H16N2OS. The maximum Gasteiger partial charge on any atom is 0.0950 e. The predicted molar refractivity (Wildman–Crippen MR) is 60.6 cm³/mol. The minimum Gasteiger partial charge on any atom is -0.292 e. The Morgan fingerprint density at radius 2 is 2.07 bits per heavy atom. The number of nitrogens with zero attached hydrogens (tertiary/aromatic N) is 2. The second-order valence-electron chi connectivity index (χ2n) is 4.06. The number of rotatable bonds is 3. The summed E-state index contributed by atoms with van der Waals surface area (Å²) in [5.41, 5.74) is 0. The first kappa shape index (κ1) is 10.2. The Bertz CT molecular complexity index is 220. The van der Waals surface area contributed by atoms with Gasteiger partial charge in [-0.25, -0.2) is 0 Å². The molecule has 2 rings (SSSR count). The Morgan fingerprint density at radius 1 is 1.43 bits per heavy atom. The molecule has 0 aliphatic carbocycles. The molecule has 2 bridgehead atoms. The van der Waals surface area contributed by atoms with Crippen molar-refractivity contribution in [2.75, 3.05) is 18.1 Å². The fourth-order valence-electron chi connectivity index (χ4n) is 2.49. The minimum atomic E-state index is 0.0620. The highest BCUT2D eigenvalue weighted by molar-refractivity contribution is 7.99. The second-order valence-corrected chi connectivity index (χ2v) is 5.14. The highest BCUT2D eigenvalue weighted by atomic mass is 32.2. The predicted octanol–water partition coefficient (Wildman–Crippen LogP) is 1.89. The van der Waals surface area contributed by atoms with Crippen molar-refractivity contribution < 1.29 is 0 Å². The Kier molecular flexibility index (Phi) is 3.23. The SMILES string of the molecule is C=CCN1C2CSCC1CC(N=O)C2. The molecule has 0 aromatic rings. The summed E-state index contributed by atoms with van der Waals surface area (Å²) < 4.78 is 0. The van der Waals surface area contributed by atoms with E-state index < -0.39 is 0 Å². The van der Waals surface area contributed by atoms with Crippen molar-refractivity contribution in [2.45, 2.75) is 31.0 Å². The van der Waals surface area contributed by atoms with E-state index in [0.29, 0.717) is 12.1 Å². The van der Waals surface area contributed by atoms with E-state index in [9.17, 15) is 4.91 Å². The molecule has 0 aromatic carbocycles. The number of hydrogen-bond donors (Lipinski definition) is 0. The maximum atomic E-state index is 10.6. The van der Waals surface area contributed by atoms with Crippen LogP contribution in [-0.4, -0.2) is 41.1 Å². The summed E-state index contributed by atoms with van der Waals surface area (Å²) in [5.74, 6) is 2.30. The van der Waals surface area contributed by atoms with Gasteiger partial charge in [-0.15, -0.1) is 6.58 Å². The van der Waals surface area contributed by atoms with Gasteiger partial charge in [0, 0.05) is 30.1 Å². The topological polar surface area (TPSA) is 32.7 Å². The largest absolute Gasteiger partial charge is 0.292 e. The molecule has 0 N–H and O–H groups in total. The third kappa shape index (κ3) is 1.86. The Balaban J connectivity index is 2.06. The van der Waals surface area contributed by atoms with Gasteiger partial charge in [0.15, 0.2) is 0 Å². The maximum absolute atomic E-state index is 10.6. The molecule has 2 fully saturated rings. The lowest BCUT2D eigenvalue weighted by Gasteiger charge is -2.46. The number of thioether (sulfide) groups is 1. The molecule has 2 saturated heterocycles. The van der Waals surface area contributed by atoms with Gasteiger partial charge < -0.3 is 0 Å². The molecule has 78 valence electrons. The molecule has 14 heavy (non-hydrogen) atoms. The van der Waals surface area contributed by atoms with Gasteiger partial charge in [-0.3, -0.25) is 4.90 Å². The van der Waals surface area contributed by atoms with Crippen molar-refractivity contribution in [1.82, 2.24) is 4.90 Å². The minimum absolute atomic E-state index is 0.0620. The van der Waals surface area contributed by atoms with Crippen LogP contribution in [0.4, 0.5) is 0 Å². The van der Waals surface area contributed by atoms with Crippen molar-refractivity contribution in [3.05, 3.63) is 17.6 Å². The van der Waals surface area contributed by atoms with Crippen LogP contribution in [0.1, 0.15) is 12.8 Å². The highest BCUT2D eigenvalue weighted by Crippen LogP contribution is 2.33. The van der Waals surface area contributed by atoms with Crippen molar-refractivity contribution in [1.29, 1.82) is 0 Å². The smallest absolute Gasteiger partial charge is 0.0950 e. The van der Waals surface area contributed by atoms with E-state index in [1.807, 2.05) is 17.8 Å². The lowest BCUT2D eigenvalue weighted by atomic mass is 9.93. The van der Waals surface area contributed by atoms with E-state index >= 15 is 0 Å². The zero-order valence-corrected chi connectivity index (χ0v) is 9.08. The zero-order valence-electron chi connectivity index (χ0n) is 8.26. The molecule has 0 amide bonds. The lowest BCUT2D eigenvalue weighted by molar-refractivity contribution is 0.106. The summed E-state index contributed by atoms with van der Waals surface area (Å²) in [5, 5.41) is 3.21. The van der Waals surface area contributed by atoms with Crippen LogP contribution in [0.3, 0.4) is 0 Å². The van der Waals surface area contributed by atoms with Crippen LogP contribution in [0.5, 0.6) is 0 Å². The van der Waals surface area contributed by atoms with Crippen LogP contribution in [0.25, 0.3) is 0 Å². The third-order valence-electron chi connectivity index (χ3n) is 3.14. The Hall–Kier alpha value is -0.350. The summed E-state index contributed by atoms with van der Waals surface area (Å²) in [4.78, 5) is 13.1. The molecule has 0 radical (unpaired) electrons. The van der Waals surface area contributed by atoms with E-state index in [0.717, 1.165) is 30.9 Å². The zero-order chi connectivity index (χ0) is 9.97. The lowest BCUT2D eigenvalue weighted by Crippen LogP contribution is -2.55. The fourth-order valence-corrected chi connectivity index (χ4v) is 3.83. The summed E-state index contributed by atoms with van der Waals surface area (Å²) in [6.07, 6.45) is 3.85. The Morgan fingerprint density at radius 3 is 2.57 bits per heavy atom. The monoisotopic (exact) mass is 212 g/mol. The van der Waals surface area contributed by atoms with Crippen molar-refractivity contribution >= 4 is 11.8 Å². The van der Waals surface area contributed by atoms with Crippen LogP contribution < -0.4 is 0 Å². The van der Waals surface area contributed by atoms with Crippen LogP contribution in [0.2, 0.25) is 0 Å². The molecular weight excluding hydrogens is 196 g/mol. The molecule has 2 unspecified atom stereocenters. The summed E-state index contributed by atoms with van der Waals surface area (Å²) in [7, 11) is 0. The quantitative estimate of drug-likeness (QED) is 0.529. The van der Waals surface area contributed by atoms with Gasteiger partial charge >= 0.3 is 0 Å². The number of hydrogen-bond acceptors (Lipinski definition) is 4. The van der Waals surface area contributed by atoms with Gasteiger partial charge in [0.1, 0.15) is 0 Å². The van der Waals surface area contributed by atoms with Gasteiger partial charge in [-0.05, 0) is 12.8 Å². The first-order chi connectivity index (χ1) is 6.85. The number of fused-ring (bicyclic) bond motifs is 2. The second kappa shape index (κ2) is 4.45. The van der Waals surface area contributed by atoms with Crippen molar-refractivity contribution in [3.8, 4) is 0 Å².